The van der Waals surface area contributed by atoms with E-state index in [0.29, 0.717) is 11.9 Å². The maximum Gasteiger partial charge on any atom is 0.226 e. The highest BCUT2D eigenvalue weighted by Gasteiger charge is 2.37. The molecule has 2 fully saturated rings. The molecule has 0 aromatic heterocycles. The number of nitrogens with zero attached hydrogens (tertiary/aromatic N) is 1. The first-order valence-corrected chi connectivity index (χ1v) is 9.16. The zero-order valence-corrected chi connectivity index (χ0v) is 12.5. The van der Waals surface area contributed by atoms with Crippen LogP contribution in [0.15, 0.2) is 0 Å². The fourth-order valence-corrected chi connectivity index (χ4v) is 4.54. The van der Waals surface area contributed by atoms with Crippen molar-refractivity contribution in [1.82, 2.24) is 4.90 Å². The molecule has 2 aliphatic rings. The lowest BCUT2D eigenvalue weighted by Crippen LogP contribution is -2.53. The molecule has 17 heavy (non-hydrogen) atoms. The van der Waals surface area contributed by atoms with Crippen LogP contribution in [0.1, 0.15) is 26.2 Å². The molecule has 1 aliphatic carbocycles. The van der Waals surface area contributed by atoms with E-state index in [9.17, 15) is 4.79 Å². The molecule has 4 heteroatoms. The lowest BCUT2D eigenvalue weighted by atomic mass is 9.79. The monoisotopic (exact) mass is 273 g/mol. The maximum atomic E-state index is 12.4. The summed E-state index contributed by atoms with van der Waals surface area (Å²) in [5.41, 5.74) is 0. The van der Waals surface area contributed by atoms with Crippen molar-refractivity contribution in [3.63, 3.8) is 0 Å². The molecule has 0 spiro atoms. The van der Waals surface area contributed by atoms with Crippen LogP contribution in [0, 0.1) is 11.8 Å². The summed E-state index contributed by atoms with van der Waals surface area (Å²) in [5.74, 6) is 4.64. The molecule has 1 saturated heterocycles. The smallest absolute Gasteiger partial charge is 0.226 e. The third kappa shape index (κ3) is 3.14. The van der Waals surface area contributed by atoms with Gasteiger partial charge in [0.05, 0.1) is 0 Å². The summed E-state index contributed by atoms with van der Waals surface area (Å²) in [5, 5.41) is 0. The third-order valence-electron chi connectivity index (χ3n) is 3.98. The summed E-state index contributed by atoms with van der Waals surface area (Å²) >= 11 is 3.81. The van der Waals surface area contributed by atoms with E-state index in [1.54, 1.807) is 11.8 Å². The normalized spacial score (nSPS) is 27.6. The van der Waals surface area contributed by atoms with Crippen molar-refractivity contribution in [2.24, 2.45) is 11.8 Å². The standard InChI is InChI=1S/C13H23NOS2/c1-10(8-16-2)13(15)14-6-7-17-9-12(14)11-4-3-5-11/h10-12H,3-9H2,1-2H3. The fourth-order valence-electron chi connectivity index (χ4n) is 2.72. The molecule has 2 rings (SSSR count). The first kappa shape index (κ1) is 13.6. The quantitative estimate of drug-likeness (QED) is 0.785. The van der Waals surface area contributed by atoms with Crippen molar-refractivity contribution in [2.45, 2.75) is 32.2 Å². The van der Waals surface area contributed by atoms with E-state index in [1.807, 2.05) is 11.8 Å². The van der Waals surface area contributed by atoms with Gasteiger partial charge in [-0.15, -0.1) is 0 Å². The van der Waals surface area contributed by atoms with Crippen molar-refractivity contribution in [2.75, 3.05) is 30.1 Å². The van der Waals surface area contributed by atoms with E-state index < -0.39 is 0 Å². The molecular weight excluding hydrogens is 250 g/mol. The Morgan fingerprint density at radius 1 is 1.53 bits per heavy atom. The van der Waals surface area contributed by atoms with Gasteiger partial charge in [0.2, 0.25) is 5.91 Å². The molecule has 0 aromatic carbocycles. The van der Waals surface area contributed by atoms with E-state index in [4.69, 9.17) is 0 Å². The van der Waals surface area contributed by atoms with Crippen molar-refractivity contribution in [3.8, 4) is 0 Å². The highest BCUT2D eigenvalue weighted by atomic mass is 32.2. The number of hydrogen-bond acceptors (Lipinski definition) is 3. The van der Waals surface area contributed by atoms with E-state index >= 15 is 0 Å². The minimum absolute atomic E-state index is 0.190. The highest BCUT2D eigenvalue weighted by Crippen LogP contribution is 2.36. The Labute approximate surface area is 113 Å². The van der Waals surface area contributed by atoms with Crippen LogP contribution in [-0.4, -0.2) is 46.9 Å². The number of carbonyl (C=O) groups is 1. The highest BCUT2D eigenvalue weighted by molar-refractivity contribution is 7.99. The van der Waals surface area contributed by atoms with Crippen LogP contribution >= 0.6 is 23.5 Å². The Hall–Kier alpha value is 0.170. The summed E-state index contributed by atoms with van der Waals surface area (Å²) in [4.78, 5) is 14.7. The molecule has 98 valence electrons. The van der Waals surface area contributed by atoms with Gasteiger partial charge in [-0.1, -0.05) is 13.3 Å². The molecule has 0 N–H and O–H groups in total. The maximum absolute atomic E-state index is 12.4. The zero-order valence-electron chi connectivity index (χ0n) is 10.9. The molecule has 1 aliphatic heterocycles. The lowest BCUT2D eigenvalue weighted by molar-refractivity contribution is -0.137. The Kier molecular flexibility index (Phi) is 5.10. The average Bonchev–Trinajstić information content (AvgIpc) is 2.27. The molecular formula is C13H23NOS2. The van der Waals surface area contributed by atoms with Crippen LogP contribution in [0.4, 0.5) is 0 Å². The van der Waals surface area contributed by atoms with Gasteiger partial charge in [-0.25, -0.2) is 0 Å². The van der Waals surface area contributed by atoms with Gasteiger partial charge in [-0.3, -0.25) is 4.79 Å². The molecule has 2 atom stereocenters. The SMILES string of the molecule is CSCC(C)C(=O)N1CCSCC1C1CCC1. The van der Waals surface area contributed by atoms with Gasteiger partial charge in [0.15, 0.2) is 0 Å². The Balaban J connectivity index is 1.97. The van der Waals surface area contributed by atoms with Crippen molar-refractivity contribution in [3.05, 3.63) is 0 Å². The Bertz CT molecular complexity index is 268. The minimum Gasteiger partial charge on any atom is -0.338 e. The van der Waals surface area contributed by atoms with Gasteiger partial charge in [-0.2, -0.15) is 23.5 Å². The summed E-state index contributed by atoms with van der Waals surface area (Å²) in [6, 6.07) is 0.541. The van der Waals surface area contributed by atoms with Crippen molar-refractivity contribution < 1.29 is 4.79 Å². The summed E-state index contributed by atoms with van der Waals surface area (Å²) in [6.45, 7) is 3.06. The van der Waals surface area contributed by atoms with Crippen LogP contribution in [0.5, 0.6) is 0 Å². The molecule has 1 amide bonds. The van der Waals surface area contributed by atoms with Crippen LogP contribution < -0.4 is 0 Å². The first-order valence-electron chi connectivity index (χ1n) is 6.61. The minimum atomic E-state index is 0.190. The van der Waals surface area contributed by atoms with Crippen molar-refractivity contribution >= 4 is 29.4 Å². The molecule has 0 aromatic rings. The summed E-state index contributed by atoms with van der Waals surface area (Å²) in [7, 11) is 0. The second-order valence-electron chi connectivity index (χ2n) is 5.22. The first-order chi connectivity index (χ1) is 8.24. The Morgan fingerprint density at radius 3 is 2.88 bits per heavy atom. The van der Waals surface area contributed by atoms with Gasteiger partial charge < -0.3 is 4.90 Å². The zero-order chi connectivity index (χ0) is 12.3. The average molecular weight is 273 g/mol. The van der Waals surface area contributed by atoms with E-state index in [0.717, 1.165) is 24.0 Å². The largest absolute Gasteiger partial charge is 0.338 e. The van der Waals surface area contributed by atoms with Gasteiger partial charge in [0.25, 0.3) is 0 Å². The molecule has 1 saturated carbocycles. The van der Waals surface area contributed by atoms with Crippen LogP contribution in [0.3, 0.4) is 0 Å². The summed E-state index contributed by atoms with van der Waals surface area (Å²) < 4.78 is 0. The fraction of sp³-hybridized carbons (Fsp3) is 0.923. The molecule has 0 radical (unpaired) electrons. The van der Waals surface area contributed by atoms with Gasteiger partial charge in [-0.05, 0) is 25.0 Å². The van der Waals surface area contributed by atoms with Crippen molar-refractivity contribution in [1.29, 1.82) is 0 Å². The molecule has 0 bridgehead atoms. The van der Waals surface area contributed by atoms with E-state index in [2.05, 4.69) is 18.1 Å². The second kappa shape index (κ2) is 6.37. The second-order valence-corrected chi connectivity index (χ2v) is 7.28. The number of amides is 1. The lowest BCUT2D eigenvalue weighted by Gasteiger charge is -2.44. The van der Waals surface area contributed by atoms with Crippen LogP contribution in [0.2, 0.25) is 0 Å². The number of carbonyl (C=O) groups excluding carboxylic acids is 1. The predicted octanol–water partition coefficient (Wildman–Crippen LogP) is 2.73. The molecule has 2 unspecified atom stereocenters. The van der Waals surface area contributed by atoms with E-state index in [-0.39, 0.29) is 5.92 Å². The number of hydrogen-bond donors (Lipinski definition) is 0. The topological polar surface area (TPSA) is 20.3 Å². The predicted molar refractivity (Wildman–Crippen MR) is 77.7 cm³/mol. The Morgan fingerprint density at radius 2 is 2.29 bits per heavy atom. The van der Waals surface area contributed by atoms with Gasteiger partial charge in [0.1, 0.15) is 0 Å². The van der Waals surface area contributed by atoms with Crippen LogP contribution in [0.25, 0.3) is 0 Å². The summed E-state index contributed by atoms with van der Waals surface area (Å²) in [6.07, 6.45) is 6.13. The third-order valence-corrected chi connectivity index (χ3v) is 5.86. The number of rotatable bonds is 4. The van der Waals surface area contributed by atoms with E-state index in [1.165, 1.54) is 25.0 Å². The molecule has 1 heterocycles. The number of thioether (sulfide) groups is 2. The van der Waals surface area contributed by atoms with Crippen LogP contribution in [-0.2, 0) is 4.79 Å². The van der Waals surface area contributed by atoms with Gasteiger partial charge >= 0.3 is 0 Å². The molecule has 2 nitrogen and oxygen atoms in total. The van der Waals surface area contributed by atoms with Gasteiger partial charge in [0, 0.05) is 35.8 Å².